The lowest BCUT2D eigenvalue weighted by Gasteiger charge is -2.41. The molecule has 102 valence electrons. The van der Waals surface area contributed by atoms with Crippen LogP contribution in [-0.2, 0) is 0 Å². The molecule has 0 amide bonds. The molecule has 2 nitrogen and oxygen atoms in total. The first kappa shape index (κ1) is 15.0. The quantitative estimate of drug-likeness (QED) is 0.735. The summed E-state index contributed by atoms with van der Waals surface area (Å²) in [5.41, 5.74) is 0. The van der Waals surface area contributed by atoms with E-state index in [-0.39, 0.29) is 0 Å². The molecule has 1 N–H and O–H groups in total. The van der Waals surface area contributed by atoms with Crippen LogP contribution in [0.4, 0.5) is 0 Å². The van der Waals surface area contributed by atoms with Crippen LogP contribution in [0, 0.1) is 5.92 Å². The highest BCUT2D eigenvalue weighted by Gasteiger charge is 2.28. The third kappa shape index (κ3) is 4.97. The molecule has 0 spiro atoms. The van der Waals surface area contributed by atoms with Crippen LogP contribution in [0.2, 0.25) is 0 Å². The largest absolute Gasteiger partial charge is 0.312 e. The smallest absolute Gasteiger partial charge is 0.0249 e. The average molecular weight is 240 g/mol. The fourth-order valence-electron chi connectivity index (χ4n) is 3.08. The van der Waals surface area contributed by atoms with E-state index in [0.717, 1.165) is 18.0 Å². The van der Waals surface area contributed by atoms with E-state index in [1.54, 1.807) is 0 Å². The van der Waals surface area contributed by atoms with Crippen molar-refractivity contribution < 1.29 is 0 Å². The third-order valence-corrected chi connectivity index (χ3v) is 3.86. The predicted molar refractivity (Wildman–Crippen MR) is 76.4 cm³/mol. The summed E-state index contributed by atoms with van der Waals surface area (Å²) in [6, 6.07) is 1.52. The van der Waals surface area contributed by atoms with E-state index in [9.17, 15) is 0 Å². The zero-order chi connectivity index (χ0) is 12.7. The fourth-order valence-corrected chi connectivity index (χ4v) is 3.08. The highest BCUT2D eigenvalue weighted by Crippen LogP contribution is 2.24. The molecule has 1 rings (SSSR count). The fraction of sp³-hybridized carbons (Fsp3) is 1.00. The van der Waals surface area contributed by atoms with E-state index >= 15 is 0 Å². The number of likely N-dealkylation sites (N-methyl/N-ethyl adjacent to an activating group) is 1. The predicted octanol–water partition coefficient (Wildman–Crippen LogP) is 3.28. The molecule has 2 unspecified atom stereocenters. The van der Waals surface area contributed by atoms with Gasteiger partial charge in [0.25, 0.3) is 0 Å². The average Bonchev–Trinajstić information content (AvgIpc) is 2.33. The topological polar surface area (TPSA) is 15.3 Å². The lowest BCUT2D eigenvalue weighted by Crippen LogP contribution is -2.52. The Bertz CT molecular complexity index is 191. The van der Waals surface area contributed by atoms with Gasteiger partial charge in [-0.1, -0.05) is 40.5 Å². The molecule has 2 atom stereocenters. The zero-order valence-electron chi connectivity index (χ0n) is 12.3. The van der Waals surface area contributed by atoms with Gasteiger partial charge < -0.3 is 5.32 Å². The maximum atomic E-state index is 3.77. The molecule has 1 aliphatic rings. The Morgan fingerprint density at radius 2 is 1.88 bits per heavy atom. The van der Waals surface area contributed by atoms with E-state index in [4.69, 9.17) is 0 Å². The van der Waals surface area contributed by atoms with E-state index in [0.29, 0.717) is 0 Å². The van der Waals surface area contributed by atoms with Gasteiger partial charge in [-0.25, -0.2) is 0 Å². The second kappa shape index (κ2) is 8.10. The lowest BCUT2D eigenvalue weighted by molar-refractivity contribution is 0.115. The Morgan fingerprint density at radius 3 is 2.47 bits per heavy atom. The minimum atomic E-state index is 0.738. The monoisotopic (exact) mass is 240 g/mol. The highest BCUT2D eigenvalue weighted by atomic mass is 15.2. The second-order valence-electron chi connectivity index (χ2n) is 5.89. The van der Waals surface area contributed by atoms with Crippen LogP contribution < -0.4 is 5.32 Å². The number of hydrogen-bond acceptors (Lipinski definition) is 2. The second-order valence-corrected chi connectivity index (χ2v) is 5.89. The summed E-state index contributed by atoms with van der Waals surface area (Å²) in [4.78, 5) is 2.71. The molecule has 0 aromatic heterocycles. The Kier molecular flexibility index (Phi) is 7.14. The van der Waals surface area contributed by atoms with Gasteiger partial charge in [-0.2, -0.15) is 0 Å². The summed E-state index contributed by atoms with van der Waals surface area (Å²) in [5.74, 6) is 0.781. The summed E-state index contributed by atoms with van der Waals surface area (Å²) in [7, 11) is 0. The van der Waals surface area contributed by atoms with Gasteiger partial charge >= 0.3 is 0 Å². The summed E-state index contributed by atoms with van der Waals surface area (Å²) >= 11 is 0. The maximum absolute atomic E-state index is 3.77. The molecule has 2 heteroatoms. The molecule has 0 bridgehead atoms. The van der Waals surface area contributed by atoms with Gasteiger partial charge in [0.05, 0.1) is 0 Å². The molecular weight excluding hydrogens is 208 g/mol. The lowest BCUT2D eigenvalue weighted by atomic mass is 9.88. The molecule has 1 saturated carbocycles. The molecule has 0 radical (unpaired) electrons. The Balaban J connectivity index is 2.54. The van der Waals surface area contributed by atoms with Crippen molar-refractivity contribution in [3.8, 4) is 0 Å². The molecule has 0 heterocycles. The number of rotatable bonds is 7. The zero-order valence-corrected chi connectivity index (χ0v) is 12.3. The van der Waals surface area contributed by atoms with Gasteiger partial charge in [-0.15, -0.1) is 0 Å². The number of nitrogens with one attached hydrogen (secondary N) is 1. The van der Waals surface area contributed by atoms with Crippen molar-refractivity contribution in [2.45, 2.75) is 71.9 Å². The number of hydrogen-bond donors (Lipinski definition) is 1. The standard InChI is InChI=1S/C15H32N2/c1-5-11-16-14-9-7-8-10-15(14)17(6-2)12-13(3)4/h13-16H,5-12H2,1-4H3. The molecule has 0 aliphatic heterocycles. The van der Waals surface area contributed by atoms with Crippen LogP contribution in [0.3, 0.4) is 0 Å². The van der Waals surface area contributed by atoms with E-state index in [2.05, 4.69) is 37.9 Å². The Labute approximate surface area is 108 Å². The minimum absolute atomic E-state index is 0.738. The molecule has 0 aromatic rings. The van der Waals surface area contributed by atoms with Crippen LogP contribution >= 0.6 is 0 Å². The first-order chi connectivity index (χ1) is 8.19. The van der Waals surface area contributed by atoms with Crippen LogP contribution in [0.25, 0.3) is 0 Å². The van der Waals surface area contributed by atoms with Crippen molar-refractivity contribution >= 4 is 0 Å². The van der Waals surface area contributed by atoms with E-state index in [1.807, 2.05) is 0 Å². The van der Waals surface area contributed by atoms with Crippen molar-refractivity contribution in [3.63, 3.8) is 0 Å². The Hall–Kier alpha value is -0.0800. The minimum Gasteiger partial charge on any atom is -0.312 e. The first-order valence-electron chi connectivity index (χ1n) is 7.66. The summed E-state index contributed by atoms with van der Waals surface area (Å²) in [6.45, 7) is 12.9. The Morgan fingerprint density at radius 1 is 1.18 bits per heavy atom. The highest BCUT2D eigenvalue weighted by molar-refractivity contribution is 4.88. The SMILES string of the molecule is CCCNC1CCCCC1N(CC)CC(C)C. The van der Waals surface area contributed by atoms with Crippen molar-refractivity contribution in [3.05, 3.63) is 0 Å². The van der Waals surface area contributed by atoms with E-state index < -0.39 is 0 Å². The van der Waals surface area contributed by atoms with Crippen molar-refractivity contribution in [2.24, 2.45) is 5.92 Å². The maximum Gasteiger partial charge on any atom is 0.0249 e. The molecule has 0 aromatic carbocycles. The van der Waals surface area contributed by atoms with Gasteiger partial charge in [0.2, 0.25) is 0 Å². The molecule has 1 aliphatic carbocycles. The molecule has 1 fully saturated rings. The van der Waals surface area contributed by atoms with Gasteiger partial charge in [0, 0.05) is 18.6 Å². The van der Waals surface area contributed by atoms with Crippen LogP contribution in [-0.4, -0.2) is 36.6 Å². The van der Waals surface area contributed by atoms with Crippen molar-refractivity contribution in [1.82, 2.24) is 10.2 Å². The van der Waals surface area contributed by atoms with Crippen molar-refractivity contribution in [1.29, 1.82) is 0 Å². The number of nitrogens with zero attached hydrogens (tertiary/aromatic N) is 1. The third-order valence-electron chi connectivity index (χ3n) is 3.86. The van der Waals surface area contributed by atoms with Crippen LogP contribution in [0.15, 0.2) is 0 Å². The first-order valence-corrected chi connectivity index (χ1v) is 7.66. The van der Waals surface area contributed by atoms with Gasteiger partial charge in [-0.3, -0.25) is 4.90 Å². The van der Waals surface area contributed by atoms with Gasteiger partial charge in [-0.05, 0) is 38.3 Å². The summed E-state index contributed by atoms with van der Waals surface area (Å²) < 4.78 is 0. The molecular formula is C15H32N2. The summed E-state index contributed by atoms with van der Waals surface area (Å²) in [6.07, 6.45) is 6.85. The normalized spacial score (nSPS) is 25.8. The van der Waals surface area contributed by atoms with Crippen molar-refractivity contribution in [2.75, 3.05) is 19.6 Å². The van der Waals surface area contributed by atoms with Gasteiger partial charge in [0.1, 0.15) is 0 Å². The molecule has 17 heavy (non-hydrogen) atoms. The summed E-state index contributed by atoms with van der Waals surface area (Å²) in [5, 5.41) is 3.77. The molecule has 0 saturated heterocycles. The van der Waals surface area contributed by atoms with Crippen LogP contribution in [0.5, 0.6) is 0 Å². The van der Waals surface area contributed by atoms with Crippen LogP contribution in [0.1, 0.15) is 59.8 Å². The van der Waals surface area contributed by atoms with Gasteiger partial charge in [0.15, 0.2) is 0 Å². The van der Waals surface area contributed by atoms with E-state index in [1.165, 1.54) is 51.7 Å².